The fraction of sp³-hybridized carbons (Fsp3) is 0.261. The van der Waals surface area contributed by atoms with Crippen molar-refractivity contribution in [3.05, 3.63) is 65.9 Å². The van der Waals surface area contributed by atoms with Crippen molar-refractivity contribution in [3.8, 4) is 17.2 Å². The number of benzene rings is 2. The minimum atomic E-state index is -0.483. The SMILES string of the molecule is COC(=O)c1ccc(OCC(=O)Nc2cc(C3CC3)nn2-c2ccccc2)c(OC)c1. The number of nitrogens with one attached hydrogen (secondary N) is 1. The Labute approximate surface area is 179 Å². The number of carbonyl (C=O) groups excluding carboxylic acids is 2. The molecule has 31 heavy (non-hydrogen) atoms. The van der Waals surface area contributed by atoms with E-state index in [0.717, 1.165) is 24.2 Å². The third-order valence-electron chi connectivity index (χ3n) is 4.94. The molecule has 4 rings (SSSR count). The van der Waals surface area contributed by atoms with Gasteiger partial charge in [-0.15, -0.1) is 0 Å². The van der Waals surface area contributed by atoms with E-state index in [0.29, 0.717) is 28.8 Å². The molecule has 1 aliphatic rings. The van der Waals surface area contributed by atoms with Gasteiger partial charge in [0.05, 0.1) is 31.2 Å². The van der Waals surface area contributed by atoms with Crippen LogP contribution in [-0.2, 0) is 9.53 Å². The smallest absolute Gasteiger partial charge is 0.337 e. The van der Waals surface area contributed by atoms with Crippen LogP contribution in [-0.4, -0.2) is 42.5 Å². The van der Waals surface area contributed by atoms with Crippen LogP contribution in [0.2, 0.25) is 0 Å². The molecule has 1 aliphatic carbocycles. The zero-order chi connectivity index (χ0) is 21.8. The van der Waals surface area contributed by atoms with Crippen LogP contribution in [0.1, 0.15) is 34.8 Å². The highest BCUT2D eigenvalue weighted by Gasteiger charge is 2.28. The molecule has 0 saturated heterocycles. The number of hydrogen-bond acceptors (Lipinski definition) is 6. The largest absolute Gasteiger partial charge is 0.493 e. The van der Waals surface area contributed by atoms with Gasteiger partial charge in [0.15, 0.2) is 18.1 Å². The molecule has 0 bridgehead atoms. The van der Waals surface area contributed by atoms with Crippen LogP contribution < -0.4 is 14.8 Å². The number of rotatable bonds is 8. The van der Waals surface area contributed by atoms with E-state index in [2.05, 4.69) is 10.4 Å². The number of aromatic nitrogens is 2. The first-order chi connectivity index (χ1) is 15.1. The van der Waals surface area contributed by atoms with Crippen LogP contribution in [0.5, 0.6) is 11.5 Å². The van der Waals surface area contributed by atoms with Crippen LogP contribution in [0.4, 0.5) is 5.82 Å². The zero-order valence-electron chi connectivity index (χ0n) is 17.3. The van der Waals surface area contributed by atoms with Gasteiger partial charge >= 0.3 is 5.97 Å². The highest BCUT2D eigenvalue weighted by Crippen LogP contribution is 2.40. The summed E-state index contributed by atoms with van der Waals surface area (Å²) in [6.07, 6.45) is 2.23. The maximum atomic E-state index is 12.6. The molecule has 0 atom stereocenters. The van der Waals surface area contributed by atoms with Crippen molar-refractivity contribution in [2.75, 3.05) is 26.1 Å². The Morgan fingerprint density at radius 3 is 2.52 bits per heavy atom. The highest BCUT2D eigenvalue weighted by atomic mass is 16.5. The third-order valence-corrected chi connectivity index (χ3v) is 4.94. The van der Waals surface area contributed by atoms with E-state index in [1.54, 1.807) is 16.8 Å². The maximum Gasteiger partial charge on any atom is 0.337 e. The van der Waals surface area contributed by atoms with Crippen molar-refractivity contribution < 1.29 is 23.8 Å². The molecule has 1 amide bonds. The van der Waals surface area contributed by atoms with E-state index in [1.165, 1.54) is 20.3 Å². The van der Waals surface area contributed by atoms with Gasteiger partial charge in [0.2, 0.25) is 0 Å². The topological polar surface area (TPSA) is 91.7 Å². The lowest BCUT2D eigenvalue weighted by molar-refractivity contribution is -0.118. The number of ether oxygens (including phenoxy) is 3. The Kier molecular flexibility index (Phi) is 5.88. The van der Waals surface area contributed by atoms with Gasteiger partial charge < -0.3 is 19.5 Å². The molecule has 160 valence electrons. The van der Waals surface area contributed by atoms with Crippen molar-refractivity contribution >= 4 is 17.7 Å². The number of carbonyl (C=O) groups is 2. The van der Waals surface area contributed by atoms with Crippen molar-refractivity contribution in [1.29, 1.82) is 0 Å². The summed E-state index contributed by atoms with van der Waals surface area (Å²) in [7, 11) is 2.76. The second-order valence-electron chi connectivity index (χ2n) is 7.17. The second-order valence-corrected chi connectivity index (χ2v) is 7.17. The Bertz CT molecular complexity index is 1090. The minimum Gasteiger partial charge on any atom is -0.493 e. The molecule has 0 aliphatic heterocycles. The number of amides is 1. The number of esters is 1. The van der Waals surface area contributed by atoms with Crippen LogP contribution in [0.15, 0.2) is 54.6 Å². The van der Waals surface area contributed by atoms with Gasteiger partial charge in [-0.3, -0.25) is 4.79 Å². The molecular formula is C23H23N3O5. The van der Waals surface area contributed by atoms with Crippen molar-refractivity contribution in [1.82, 2.24) is 9.78 Å². The van der Waals surface area contributed by atoms with E-state index in [9.17, 15) is 9.59 Å². The molecule has 1 N–H and O–H groups in total. The van der Waals surface area contributed by atoms with Gasteiger partial charge in [0, 0.05) is 12.0 Å². The van der Waals surface area contributed by atoms with Crippen LogP contribution in [0.3, 0.4) is 0 Å². The highest BCUT2D eigenvalue weighted by molar-refractivity contribution is 5.92. The van der Waals surface area contributed by atoms with E-state index in [1.807, 2.05) is 36.4 Å². The lowest BCUT2D eigenvalue weighted by Crippen LogP contribution is -2.22. The fourth-order valence-electron chi connectivity index (χ4n) is 3.19. The molecule has 1 aromatic heterocycles. The number of para-hydroxylation sites is 1. The summed E-state index contributed by atoms with van der Waals surface area (Å²) in [4.78, 5) is 24.3. The van der Waals surface area contributed by atoms with E-state index in [4.69, 9.17) is 14.2 Å². The summed E-state index contributed by atoms with van der Waals surface area (Å²) in [6, 6.07) is 16.2. The Balaban J connectivity index is 1.47. The first kappa shape index (κ1) is 20.5. The molecule has 0 spiro atoms. The Morgan fingerprint density at radius 1 is 1.06 bits per heavy atom. The number of methoxy groups -OCH3 is 2. The second kappa shape index (κ2) is 8.91. The van der Waals surface area contributed by atoms with Crippen LogP contribution >= 0.6 is 0 Å². The predicted molar refractivity (Wildman–Crippen MR) is 114 cm³/mol. The lowest BCUT2D eigenvalue weighted by Gasteiger charge is -2.12. The minimum absolute atomic E-state index is 0.230. The van der Waals surface area contributed by atoms with Crippen molar-refractivity contribution in [3.63, 3.8) is 0 Å². The summed E-state index contributed by atoms with van der Waals surface area (Å²) >= 11 is 0. The van der Waals surface area contributed by atoms with Gasteiger partial charge in [0.1, 0.15) is 5.82 Å². The summed E-state index contributed by atoms with van der Waals surface area (Å²) in [6.45, 7) is -0.230. The average molecular weight is 421 g/mol. The lowest BCUT2D eigenvalue weighted by atomic mass is 10.2. The first-order valence-corrected chi connectivity index (χ1v) is 9.93. The van der Waals surface area contributed by atoms with Gasteiger partial charge in [-0.05, 0) is 43.2 Å². The maximum absolute atomic E-state index is 12.6. The first-order valence-electron chi connectivity index (χ1n) is 9.93. The zero-order valence-corrected chi connectivity index (χ0v) is 17.3. The molecule has 8 nitrogen and oxygen atoms in total. The molecule has 8 heteroatoms. The van der Waals surface area contributed by atoms with Gasteiger partial charge in [-0.25, -0.2) is 9.48 Å². The summed E-state index contributed by atoms with van der Waals surface area (Å²) in [5.74, 6) is 0.910. The molecule has 0 radical (unpaired) electrons. The molecule has 1 heterocycles. The monoisotopic (exact) mass is 421 g/mol. The van der Waals surface area contributed by atoms with E-state index in [-0.39, 0.29) is 12.5 Å². The third kappa shape index (κ3) is 4.69. The summed E-state index contributed by atoms with van der Waals surface area (Å²) in [5.41, 5.74) is 2.17. The number of nitrogens with zero attached hydrogens (tertiary/aromatic N) is 2. The normalized spacial score (nSPS) is 12.8. The average Bonchev–Trinajstić information content (AvgIpc) is 3.58. The van der Waals surface area contributed by atoms with Gasteiger partial charge in [0.25, 0.3) is 5.91 Å². The van der Waals surface area contributed by atoms with Crippen molar-refractivity contribution in [2.24, 2.45) is 0 Å². The summed E-state index contributed by atoms with van der Waals surface area (Å²) < 4.78 is 17.3. The standard InChI is InChI=1S/C23H23N3O5/c1-29-20-12-16(23(28)30-2)10-11-19(20)31-14-22(27)24-21-13-18(15-8-9-15)25-26(21)17-6-4-3-5-7-17/h3-7,10-13,15H,8-9,14H2,1-2H3,(H,24,27). The van der Waals surface area contributed by atoms with Crippen LogP contribution in [0, 0.1) is 0 Å². The molecule has 1 fully saturated rings. The molecule has 1 saturated carbocycles. The molecule has 0 unspecified atom stereocenters. The predicted octanol–water partition coefficient (Wildman–Crippen LogP) is 3.56. The van der Waals surface area contributed by atoms with Crippen molar-refractivity contribution in [2.45, 2.75) is 18.8 Å². The van der Waals surface area contributed by atoms with Gasteiger partial charge in [-0.1, -0.05) is 18.2 Å². The van der Waals surface area contributed by atoms with Crippen LogP contribution in [0.25, 0.3) is 5.69 Å². The Hall–Kier alpha value is -3.81. The molecule has 2 aromatic carbocycles. The van der Waals surface area contributed by atoms with E-state index >= 15 is 0 Å². The fourth-order valence-corrected chi connectivity index (χ4v) is 3.19. The Morgan fingerprint density at radius 2 is 1.84 bits per heavy atom. The van der Waals surface area contributed by atoms with E-state index < -0.39 is 5.97 Å². The number of anilines is 1. The molecule has 3 aromatic rings. The quantitative estimate of drug-likeness (QED) is 0.559. The molecular weight excluding hydrogens is 398 g/mol. The summed E-state index contributed by atoms with van der Waals surface area (Å²) in [5, 5.41) is 7.55. The van der Waals surface area contributed by atoms with Gasteiger partial charge in [-0.2, -0.15) is 5.10 Å². The number of hydrogen-bond donors (Lipinski definition) is 1.